The normalized spacial score (nSPS) is 27.5. The highest BCUT2D eigenvalue weighted by atomic mass is 15.2. The van der Waals surface area contributed by atoms with Gasteiger partial charge in [0.05, 0.1) is 0 Å². The first-order chi connectivity index (χ1) is 6.00. The van der Waals surface area contributed by atoms with E-state index in [1.807, 2.05) is 0 Å². The quantitative estimate of drug-likeness (QED) is 0.635. The molecule has 0 aromatic carbocycles. The zero-order chi connectivity index (χ0) is 10.1. The predicted octanol–water partition coefficient (Wildman–Crippen LogP) is 3.30. The molecule has 0 radical (unpaired) electrons. The van der Waals surface area contributed by atoms with Crippen molar-refractivity contribution in [3.63, 3.8) is 0 Å². The Kier molecular flexibility index (Phi) is 3.06. The number of likely N-dealkylation sites (tertiary alicyclic amines) is 1. The van der Waals surface area contributed by atoms with Crippen LogP contribution in [-0.2, 0) is 0 Å². The van der Waals surface area contributed by atoms with Crippen LogP contribution in [0.15, 0.2) is 0 Å². The maximum absolute atomic E-state index is 2.55. The molecule has 1 fully saturated rings. The van der Waals surface area contributed by atoms with Gasteiger partial charge in [0.1, 0.15) is 0 Å². The SMILES string of the molecule is CCC1(CC)CCCN(C)C1(C)C. The van der Waals surface area contributed by atoms with Gasteiger partial charge in [0.25, 0.3) is 0 Å². The van der Waals surface area contributed by atoms with Gasteiger partial charge in [-0.15, -0.1) is 0 Å². The minimum atomic E-state index is 0.384. The van der Waals surface area contributed by atoms with Crippen molar-refractivity contribution < 1.29 is 0 Å². The van der Waals surface area contributed by atoms with Crippen LogP contribution in [0.3, 0.4) is 0 Å². The fourth-order valence-corrected chi connectivity index (χ4v) is 3.11. The van der Waals surface area contributed by atoms with Crippen molar-refractivity contribution in [1.82, 2.24) is 4.90 Å². The molecule has 1 heterocycles. The lowest BCUT2D eigenvalue weighted by atomic mass is 9.62. The van der Waals surface area contributed by atoms with E-state index in [0.717, 1.165) is 0 Å². The lowest BCUT2D eigenvalue weighted by Gasteiger charge is -2.55. The Morgan fingerprint density at radius 3 is 2.08 bits per heavy atom. The van der Waals surface area contributed by atoms with Crippen molar-refractivity contribution >= 4 is 0 Å². The fraction of sp³-hybridized carbons (Fsp3) is 1.00. The molecule has 1 nitrogen and oxygen atoms in total. The number of hydrogen-bond acceptors (Lipinski definition) is 1. The molecule has 0 unspecified atom stereocenters. The number of hydrogen-bond donors (Lipinski definition) is 0. The van der Waals surface area contributed by atoms with Crippen molar-refractivity contribution in [1.29, 1.82) is 0 Å². The van der Waals surface area contributed by atoms with Crippen LogP contribution >= 0.6 is 0 Å². The van der Waals surface area contributed by atoms with Crippen LogP contribution < -0.4 is 0 Å². The van der Waals surface area contributed by atoms with Gasteiger partial charge in [0, 0.05) is 5.54 Å². The molecule has 1 aliphatic heterocycles. The second kappa shape index (κ2) is 3.61. The van der Waals surface area contributed by atoms with Crippen molar-refractivity contribution in [3.05, 3.63) is 0 Å². The van der Waals surface area contributed by atoms with Crippen LogP contribution in [0.5, 0.6) is 0 Å². The van der Waals surface area contributed by atoms with Crippen LogP contribution in [0.2, 0.25) is 0 Å². The topological polar surface area (TPSA) is 3.24 Å². The minimum absolute atomic E-state index is 0.384. The molecule has 0 aromatic rings. The molecule has 0 aromatic heterocycles. The summed E-state index contributed by atoms with van der Waals surface area (Å²) < 4.78 is 0. The van der Waals surface area contributed by atoms with Crippen LogP contribution in [0.1, 0.15) is 53.4 Å². The standard InChI is InChI=1S/C12H25N/c1-6-12(7-2)9-8-10-13(5)11(12,3)4/h6-10H2,1-5H3. The van der Waals surface area contributed by atoms with Gasteiger partial charge in [0.15, 0.2) is 0 Å². The summed E-state index contributed by atoms with van der Waals surface area (Å²) in [6.07, 6.45) is 5.43. The average molecular weight is 183 g/mol. The maximum atomic E-state index is 2.55. The monoisotopic (exact) mass is 183 g/mol. The summed E-state index contributed by atoms with van der Waals surface area (Å²) in [5.74, 6) is 0. The van der Waals surface area contributed by atoms with Gasteiger partial charge in [-0.05, 0) is 58.5 Å². The first-order valence-electron chi connectivity index (χ1n) is 5.71. The third-order valence-electron chi connectivity index (χ3n) is 4.75. The summed E-state index contributed by atoms with van der Waals surface area (Å²) in [7, 11) is 2.28. The van der Waals surface area contributed by atoms with Crippen molar-refractivity contribution in [2.45, 2.75) is 58.9 Å². The Balaban J connectivity index is 2.93. The number of nitrogens with zero attached hydrogens (tertiary/aromatic N) is 1. The van der Waals surface area contributed by atoms with Gasteiger partial charge in [-0.2, -0.15) is 0 Å². The summed E-state index contributed by atoms with van der Waals surface area (Å²) >= 11 is 0. The Bertz CT molecular complexity index is 168. The molecular weight excluding hydrogens is 158 g/mol. The molecule has 1 aliphatic rings. The molecule has 1 saturated heterocycles. The molecule has 0 saturated carbocycles. The van der Waals surface area contributed by atoms with E-state index in [1.54, 1.807) is 0 Å². The van der Waals surface area contributed by atoms with Crippen molar-refractivity contribution in [2.75, 3.05) is 13.6 Å². The van der Waals surface area contributed by atoms with Crippen molar-refractivity contribution in [3.8, 4) is 0 Å². The molecule has 1 rings (SSSR count). The molecule has 0 N–H and O–H groups in total. The van der Waals surface area contributed by atoms with Crippen LogP contribution in [0, 0.1) is 5.41 Å². The third kappa shape index (κ3) is 1.52. The van der Waals surface area contributed by atoms with Gasteiger partial charge in [-0.25, -0.2) is 0 Å². The molecule has 0 aliphatic carbocycles. The van der Waals surface area contributed by atoms with E-state index < -0.39 is 0 Å². The second-order valence-electron chi connectivity index (χ2n) is 5.07. The van der Waals surface area contributed by atoms with E-state index in [0.29, 0.717) is 11.0 Å². The summed E-state index contributed by atoms with van der Waals surface area (Å²) in [4.78, 5) is 2.55. The van der Waals surface area contributed by atoms with Crippen molar-refractivity contribution in [2.24, 2.45) is 5.41 Å². The zero-order valence-corrected chi connectivity index (χ0v) is 9.98. The minimum Gasteiger partial charge on any atom is -0.301 e. The van der Waals surface area contributed by atoms with Gasteiger partial charge in [0.2, 0.25) is 0 Å². The van der Waals surface area contributed by atoms with Gasteiger partial charge < -0.3 is 4.90 Å². The molecule has 0 spiro atoms. The molecule has 1 heteroatoms. The van der Waals surface area contributed by atoms with E-state index in [9.17, 15) is 0 Å². The number of piperidine rings is 1. The second-order valence-corrected chi connectivity index (χ2v) is 5.07. The highest BCUT2D eigenvalue weighted by molar-refractivity contribution is 5.00. The Labute approximate surface area is 83.5 Å². The molecule has 0 amide bonds. The summed E-state index contributed by atoms with van der Waals surface area (Å²) in [6.45, 7) is 10.8. The molecule has 13 heavy (non-hydrogen) atoms. The van der Waals surface area contributed by atoms with Gasteiger partial charge in [-0.1, -0.05) is 13.8 Å². The van der Waals surface area contributed by atoms with Gasteiger partial charge >= 0.3 is 0 Å². The first-order valence-corrected chi connectivity index (χ1v) is 5.71. The molecule has 0 bridgehead atoms. The van der Waals surface area contributed by atoms with Gasteiger partial charge in [-0.3, -0.25) is 0 Å². The van der Waals surface area contributed by atoms with E-state index in [-0.39, 0.29) is 0 Å². The predicted molar refractivity (Wildman–Crippen MR) is 59.0 cm³/mol. The Hall–Kier alpha value is -0.0400. The van der Waals surface area contributed by atoms with Crippen LogP contribution in [0.4, 0.5) is 0 Å². The lowest BCUT2D eigenvalue weighted by molar-refractivity contribution is -0.0425. The lowest BCUT2D eigenvalue weighted by Crippen LogP contribution is -2.57. The van der Waals surface area contributed by atoms with Crippen LogP contribution in [0.25, 0.3) is 0 Å². The highest BCUT2D eigenvalue weighted by Crippen LogP contribution is 2.48. The van der Waals surface area contributed by atoms with E-state index in [4.69, 9.17) is 0 Å². The smallest absolute Gasteiger partial charge is 0.0206 e. The molecule has 78 valence electrons. The number of rotatable bonds is 2. The molecule has 0 atom stereocenters. The largest absolute Gasteiger partial charge is 0.301 e. The Morgan fingerprint density at radius 1 is 1.15 bits per heavy atom. The Morgan fingerprint density at radius 2 is 1.69 bits per heavy atom. The summed E-state index contributed by atoms with van der Waals surface area (Å²) in [5, 5.41) is 0. The zero-order valence-electron chi connectivity index (χ0n) is 9.98. The van der Waals surface area contributed by atoms with E-state index in [2.05, 4.69) is 39.6 Å². The third-order valence-corrected chi connectivity index (χ3v) is 4.75. The van der Waals surface area contributed by atoms with E-state index >= 15 is 0 Å². The highest BCUT2D eigenvalue weighted by Gasteiger charge is 2.46. The maximum Gasteiger partial charge on any atom is 0.0206 e. The average Bonchev–Trinajstić information content (AvgIpc) is 2.10. The van der Waals surface area contributed by atoms with Crippen LogP contribution in [-0.4, -0.2) is 24.0 Å². The first kappa shape index (κ1) is 11.0. The fourth-order valence-electron chi connectivity index (χ4n) is 3.11. The summed E-state index contributed by atoms with van der Waals surface area (Å²) in [5.41, 5.74) is 0.939. The summed E-state index contributed by atoms with van der Waals surface area (Å²) in [6, 6.07) is 0. The van der Waals surface area contributed by atoms with E-state index in [1.165, 1.54) is 32.2 Å². The molecular formula is C12H25N.